The summed E-state index contributed by atoms with van der Waals surface area (Å²) in [5.41, 5.74) is 4.13. The molecule has 1 atom stereocenters. The van der Waals surface area contributed by atoms with Gasteiger partial charge in [-0.15, -0.1) is 0 Å². The van der Waals surface area contributed by atoms with Crippen molar-refractivity contribution < 1.29 is 9.59 Å². The maximum atomic E-state index is 14.1. The van der Waals surface area contributed by atoms with E-state index in [2.05, 4.69) is 31.3 Å². The number of benzene rings is 1. The molecule has 40 heavy (non-hydrogen) atoms. The Morgan fingerprint density at radius 2 is 1.90 bits per heavy atom. The van der Waals surface area contributed by atoms with E-state index in [1.807, 2.05) is 45.9 Å². The summed E-state index contributed by atoms with van der Waals surface area (Å²) in [5.74, 6) is -0.333. The molecule has 5 rings (SSSR count). The quantitative estimate of drug-likeness (QED) is 0.366. The van der Waals surface area contributed by atoms with Gasteiger partial charge in [0.25, 0.3) is 17.4 Å². The second kappa shape index (κ2) is 10.6. The van der Waals surface area contributed by atoms with E-state index in [-0.39, 0.29) is 40.7 Å². The molecule has 206 valence electrons. The molecular formula is C28H27BrClN7O3. The van der Waals surface area contributed by atoms with Crippen LogP contribution in [0.4, 0.5) is 0 Å². The zero-order valence-electron chi connectivity index (χ0n) is 22.6. The molecule has 1 N–H and O–H groups in total. The number of carbonyl (C=O) groups is 2. The van der Waals surface area contributed by atoms with Gasteiger partial charge in [-0.1, -0.05) is 27.5 Å². The fourth-order valence-corrected chi connectivity index (χ4v) is 5.40. The summed E-state index contributed by atoms with van der Waals surface area (Å²) in [6.45, 7) is 7.74. The third-order valence-electron chi connectivity index (χ3n) is 6.99. The average molecular weight is 625 g/mol. The maximum absolute atomic E-state index is 14.1. The van der Waals surface area contributed by atoms with Crippen molar-refractivity contribution >= 4 is 39.3 Å². The summed E-state index contributed by atoms with van der Waals surface area (Å²) < 4.78 is 3.92. The molecule has 1 aliphatic heterocycles. The smallest absolute Gasteiger partial charge is 0.271 e. The molecule has 0 fully saturated rings. The van der Waals surface area contributed by atoms with Crippen LogP contribution in [0.15, 0.2) is 45.8 Å². The Morgan fingerprint density at radius 1 is 1.15 bits per heavy atom. The fraction of sp³-hybridized carbons (Fsp3) is 0.286. The first kappa shape index (κ1) is 27.7. The second-order valence-corrected chi connectivity index (χ2v) is 11.1. The zero-order valence-corrected chi connectivity index (χ0v) is 25.0. The van der Waals surface area contributed by atoms with Crippen molar-refractivity contribution in [1.82, 2.24) is 34.5 Å². The number of aromatic nitrogens is 5. The molecule has 4 aromatic rings. The Kier molecular flexibility index (Phi) is 7.36. The number of hydrogen-bond donors (Lipinski definition) is 1. The van der Waals surface area contributed by atoms with Gasteiger partial charge in [0, 0.05) is 34.4 Å². The second-order valence-electron chi connectivity index (χ2n) is 9.87. The molecule has 0 bridgehead atoms. The number of rotatable bonds is 4. The Labute approximate surface area is 244 Å². The predicted octanol–water partition coefficient (Wildman–Crippen LogP) is 4.10. The zero-order chi connectivity index (χ0) is 28.9. The summed E-state index contributed by atoms with van der Waals surface area (Å²) in [4.78, 5) is 50.7. The van der Waals surface area contributed by atoms with Gasteiger partial charge >= 0.3 is 0 Å². The van der Waals surface area contributed by atoms with E-state index in [0.29, 0.717) is 28.9 Å². The first-order valence-electron chi connectivity index (χ1n) is 12.6. The van der Waals surface area contributed by atoms with Gasteiger partial charge in [-0.2, -0.15) is 5.10 Å². The van der Waals surface area contributed by atoms with Crippen molar-refractivity contribution in [3.05, 3.63) is 95.8 Å². The van der Waals surface area contributed by atoms with E-state index in [0.717, 1.165) is 21.4 Å². The lowest BCUT2D eigenvalue weighted by Crippen LogP contribution is -2.46. The molecule has 1 aromatic carbocycles. The number of halogens is 2. The SMILES string of the molecule is CNC(=O)c1ncc(-n2c(-n3nc(C)cc3C)nc3c(c2=O)C[C@@H](C)N(C(=O)c2ccc(Br)c(C)c2)C3)cc1Cl. The van der Waals surface area contributed by atoms with Gasteiger partial charge < -0.3 is 10.2 Å². The van der Waals surface area contributed by atoms with E-state index < -0.39 is 5.91 Å². The van der Waals surface area contributed by atoms with E-state index >= 15 is 0 Å². The van der Waals surface area contributed by atoms with Crippen LogP contribution < -0.4 is 10.9 Å². The fourth-order valence-electron chi connectivity index (χ4n) is 4.90. The lowest BCUT2D eigenvalue weighted by Gasteiger charge is -2.34. The Balaban J connectivity index is 1.66. The molecule has 3 aromatic heterocycles. The molecule has 0 radical (unpaired) electrons. The van der Waals surface area contributed by atoms with Gasteiger partial charge in [-0.25, -0.2) is 19.2 Å². The molecule has 0 unspecified atom stereocenters. The maximum Gasteiger partial charge on any atom is 0.271 e. The number of carbonyl (C=O) groups excluding carboxylic acids is 2. The first-order chi connectivity index (χ1) is 19.0. The van der Waals surface area contributed by atoms with E-state index in [9.17, 15) is 14.4 Å². The number of pyridine rings is 1. The number of amides is 2. The minimum Gasteiger partial charge on any atom is -0.354 e. The summed E-state index contributed by atoms with van der Waals surface area (Å²) in [6, 6.07) is 8.64. The monoisotopic (exact) mass is 623 g/mol. The van der Waals surface area contributed by atoms with Gasteiger partial charge in [0.1, 0.15) is 5.69 Å². The third-order valence-corrected chi connectivity index (χ3v) is 8.17. The number of nitrogens with zero attached hydrogens (tertiary/aromatic N) is 6. The molecule has 2 amide bonds. The van der Waals surface area contributed by atoms with Crippen molar-refractivity contribution in [2.75, 3.05) is 7.05 Å². The van der Waals surface area contributed by atoms with Crippen LogP contribution in [0.5, 0.6) is 0 Å². The minimum absolute atomic E-state index is 0.0468. The van der Waals surface area contributed by atoms with Crippen molar-refractivity contribution in [2.45, 2.75) is 46.7 Å². The molecule has 10 nitrogen and oxygen atoms in total. The van der Waals surface area contributed by atoms with Crippen LogP contribution in [-0.2, 0) is 13.0 Å². The third kappa shape index (κ3) is 4.84. The van der Waals surface area contributed by atoms with Crippen molar-refractivity contribution in [3.63, 3.8) is 0 Å². The van der Waals surface area contributed by atoms with Crippen LogP contribution in [0.1, 0.15) is 56.0 Å². The molecule has 4 heterocycles. The van der Waals surface area contributed by atoms with Crippen LogP contribution in [0, 0.1) is 20.8 Å². The van der Waals surface area contributed by atoms with Gasteiger partial charge in [0.05, 0.1) is 34.8 Å². The van der Waals surface area contributed by atoms with Crippen molar-refractivity contribution in [2.24, 2.45) is 0 Å². The normalized spacial score (nSPS) is 14.7. The largest absolute Gasteiger partial charge is 0.354 e. The lowest BCUT2D eigenvalue weighted by atomic mass is 9.98. The highest BCUT2D eigenvalue weighted by atomic mass is 79.9. The van der Waals surface area contributed by atoms with Crippen molar-refractivity contribution in [3.8, 4) is 11.6 Å². The van der Waals surface area contributed by atoms with Crippen LogP contribution in [0.25, 0.3) is 11.6 Å². The summed E-state index contributed by atoms with van der Waals surface area (Å²) in [7, 11) is 1.49. The van der Waals surface area contributed by atoms with Crippen LogP contribution >= 0.6 is 27.5 Å². The molecule has 12 heteroatoms. The van der Waals surface area contributed by atoms with Gasteiger partial charge in [0.2, 0.25) is 5.95 Å². The van der Waals surface area contributed by atoms with Gasteiger partial charge in [-0.05, 0) is 70.0 Å². The highest BCUT2D eigenvalue weighted by molar-refractivity contribution is 9.10. The Bertz CT molecular complexity index is 1750. The van der Waals surface area contributed by atoms with Crippen LogP contribution in [-0.4, -0.2) is 54.1 Å². The van der Waals surface area contributed by atoms with Crippen LogP contribution in [0.2, 0.25) is 5.02 Å². The number of fused-ring (bicyclic) bond motifs is 1. The van der Waals surface area contributed by atoms with Gasteiger partial charge in [-0.3, -0.25) is 14.4 Å². The molecule has 1 aliphatic rings. The standard InChI is InChI=1S/C28H27BrClN7O3/c1-14-8-18(6-7-21(14)29)26(39)35-13-23-20(10-16(35)3)27(40)36(28(33-23)37-17(4)9-15(2)34-37)19-11-22(30)24(32-12-19)25(38)31-5/h6-9,11-12,16H,10,13H2,1-5H3,(H,31,38)/t16-/m1/s1. The highest BCUT2D eigenvalue weighted by Crippen LogP contribution is 2.27. The highest BCUT2D eigenvalue weighted by Gasteiger charge is 2.33. The summed E-state index contributed by atoms with van der Waals surface area (Å²) >= 11 is 9.90. The average Bonchev–Trinajstić information content (AvgIpc) is 3.26. The van der Waals surface area contributed by atoms with E-state index in [4.69, 9.17) is 16.6 Å². The van der Waals surface area contributed by atoms with Gasteiger partial charge in [0.15, 0.2) is 0 Å². The summed E-state index contributed by atoms with van der Waals surface area (Å²) in [6.07, 6.45) is 1.73. The molecule has 0 aliphatic carbocycles. The molecule has 0 saturated heterocycles. The molecule has 0 spiro atoms. The summed E-state index contributed by atoms with van der Waals surface area (Å²) in [5, 5.41) is 7.16. The minimum atomic E-state index is -0.439. The Morgan fingerprint density at radius 3 is 2.52 bits per heavy atom. The van der Waals surface area contributed by atoms with Crippen LogP contribution in [0.3, 0.4) is 0 Å². The molecule has 0 saturated carbocycles. The Hall–Kier alpha value is -3.83. The topological polar surface area (TPSA) is 115 Å². The lowest BCUT2D eigenvalue weighted by molar-refractivity contribution is 0.0652. The van der Waals surface area contributed by atoms with E-state index in [1.54, 1.807) is 15.6 Å². The number of aryl methyl sites for hydroxylation is 3. The van der Waals surface area contributed by atoms with E-state index in [1.165, 1.54) is 23.9 Å². The first-order valence-corrected chi connectivity index (χ1v) is 13.8. The number of hydrogen-bond acceptors (Lipinski definition) is 6. The molecular weight excluding hydrogens is 598 g/mol. The number of nitrogens with one attached hydrogen (secondary N) is 1. The van der Waals surface area contributed by atoms with Crippen molar-refractivity contribution in [1.29, 1.82) is 0 Å². The predicted molar refractivity (Wildman–Crippen MR) is 155 cm³/mol.